The minimum Gasteiger partial charge on any atom is -0.285 e. The number of alkyl halides is 3. The van der Waals surface area contributed by atoms with E-state index in [0.29, 0.717) is 22.9 Å². The average Bonchev–Trinajstić information content (AvgIpc) is 3.68. The van der Waals surface area contributed by atoms with Gasteiger partial charge in [0.1, 0.15) is 21.2 Å². The molecule has 7 nitrogen and oxygen atoms in total. The third kappa shape index (κ3) is 5.15. The smallest absolute Gasteiger partial charge is 0.285 e. The fraction of sp³-hybridized carbons (Fsp3) is 0.250. The summed E-state index contributed by atoms with van der Waals surface area (Å²) in [5, 5.41) is 9.49. The first-order valence-corrected chi connectivity index (χ1v) is 14.7. The summed E-state index contributed by atoms with van der Waals surface area (Å²) >= 11 is 6.47. The maximum Gasteiger partial charge on any atom is 0.422 e. The zero-order valence-corrected chi connectivity index (χ0v) is 23.7. The molecule has 0 radical (unpaired) electrons. The number of aryl methyl sites for hydroxylation is 2. The zero-order chi connectivity index (χ0) is 30.9. The van der Waals surface area contributed by atoms with E-state index in [1.54, 1.807) is 0 Å². The molecule has 3 heterocycles. The van der Waals surface area contributed by atoms with Crippen molar-refractivity contribution >= 4 is 21.4 Å². The molecule has 14 heteroatoms. The molecule has 1 aliphatic rings. The Labute approximate surface area is 241 Å². The van der Waals surface area contributed by atoms with E-state index in [0.717, 1.165) is 35.2 Å². The number of aromatic nitrogens is 3. The highest BCUT2D eigenvalue weighted by molar-refractivity contribution is 7.90. The van der Waals surface area contributed by atoms with Gasteiger partial charge in [0.15, 0.2) is 21.5 Å². The molecule has 4 aromatic rings. The highest BCUT2D eigenvalue weighted by Crippen LogP contribution is 2.56. The van der Waals surface area contributed by atoms with E-state index >= 15 is 8.78 Å². The molecule has 1 saturated carbocycles. The molecule has 42 heavy (non-hydrogen) atoms. The number of sulfone groups is 1. The number of pyridine rings is 3. The average molecular weight is 627 g/mol. The number of nitrogens with zero attached hydrogens (tertiary/aromatic N) is 3. The van der Waals surface area contributed by atoms with Crippen molar-refractivity contribution in [1.82, 2.24) is 9.55 Å². The van der Waals surface area contributed by atoms with Gasteiger partial charge in [0.2, 0.25) is 12.4 Å². The van der Waals surface area contributed by atoms with Crippen LogP contribution in [-0.2, 0) is 16.0 Å². The van der Waals surface area contributed by atoms with Crippen molar-refractivity contribution in [1.29, 1.82) is 0 Å². The van der Waals surface area contributed by atoms with E-state index in [1.807, 2.05) is 0 Å². The molecule has 0 amide bonds. The van der Waals surface area contributed by atoms with Crippen LogP contribution in [0.25, 0.3) is 16.9 Å². The van der Waals surface area contributed by atoms with Crippen LogP contribution < -0.4 is 10.3 Å². The molecular weight excluding hydrogens is 605 g/mol. The van der Waals surface area contributed by atoms with E-state index in [1.165, 1.54) is 32.2 Å². The van der Waals surface area contributed by atoms with E-state index in [4.69, 9.17) is 11.6 Å². The van der Waals surface area contributed by atoms with Crippen LogP contribution in [0, 0.1) is 25.5 Å². The molecule has 0 bridgehead atoms. The van der Waals surface area contributed by atoms with E-state index in [9.17, 15) is 31.6 Å². The molecule has 220 valence electrons. The Balaban J connectivity index is 1.59. The summed E-state index contributed by atoms with van der Waals surface area (Å²) in [6, 6.07) is 5.90. The molecule has 2 atom stereocenters. The maximum atomic E-state index is 16.0. The maximum absolute atomic E-state index is 16.0. The first kappa shape index (κ1) is 29.6. The summed E-state index contributed by atoms with van der Waals surface area (Å²) in [4.78, 5) is 16.9. The Morgan fingerprint density at radius 3 is 2.43 bits per heavy atom. The van der Waals surface area contributed by atoms with Crippen LogP contribution >= 0.6 is 11.6 Å². The molecule has 5 rings (SSSR count). The molecule has 1 aromatic carbocycles. The summed E-state index contributed by atoms with van der Waals surface area (Å²) in [6.45, 7) is 2.98. The highest BCUT2D eigenvalue weighted by Gasteiger charge is 2.45. The van der Waals surface area contributed by atoms with Gasteiger partial charge in [0, 0.05) is 34.0 Å². The Hall–Kier alpha value is -3.84. The summed E-state index contributed by atoms with van der Waals surface area (Å²) in [5.41, 5.74) is -2.08. The molecule has 3 aromatic heterocycles. The van der Waals surface area contributed by atoms with Gasteiger partial charge >= 0.3 is 6.18 Å². The summed E-state index contributed by atoms with van der Waals surface area (Å²) in [7, 11) is -3.98. The number of hydrogen-bond donors (Lipinski definition) is 1. The monoisotopic (exact) mass is 626 g/mol. The van der Waals surface area contributed by atoms with Crippen molar-refractivity contribution in [2.45, 2.75) is 43.2 Å². The third-order valence-corrected chi connectivity index (χ3v) is 8.69. The largest absolute Gasteiger partial charge is 0.422 e. The van der Waals surface area contributed by atoms with Crippen molar-refractivity contribution in [3.8, 4) is 16.9 Å². The van der Waals surface area contributed by atoms with Crippen LogP contribution in [-0.4, -0.2) is 29.4 Å². The molecule has 0 saturated heterocycles. The van der Waals surface area contributed by atoms with Gasteiger partial charge in [-0.1, -0.05) is 17.7 Å². The van der Waals surface area contributed by atoms with Crippen molar-refractivity contribution in [2.75, 3.05) is 6.26 Å². The Kier molecular flexibility index (Phi) is 7.17. The fourth-order valence-corrected chi connectivity index (χ4v) is 6.18. The molecule has 1 N–H and O–H groups in total. The number of halogens is 6. The van der Waals surface area contributed by atoms with E-state index in [2.05, 4.69) is 4.98 Å². The third-order valence-electron chi connectivity index (χ3n) is 7.20. The first-order chi connectivity index (χ1) is 19.5. The number of hydrogen-bond acceptors (Lipinski definition) is 5. The van der Waals surface area contributed by atoms with Crippen molar-refractivity contribution < 1.29 is 40.3 Å². The van der Waals surface area contributed by atoms with Gasteiger partial charge in [-0.2, -0.15) is 13.2 Å². The summed E-state index contributed by atoms with van der Waals surface area (Å²) in [5.74, 6) is -3.19. The highest BCUT2D eigenvalue weighted by atomic mass is 35.5. The minimum atomic E-state index is -4.68. The van der Waals surface area contributed by atoms with Crippen LogP contribution in [0.5, 0.6) is 0 Å². The fourth-order valence-electron chi connectivity index (χ4n) is 5.14. The van der Waals surface area contributed by atoms with Gasteiger partial charge in [-0.3, -0.25) is 19.6 Å². The van der Waals surface area contributed by atoms with Gasteiger partial charge in [-0.05, 0) is 67.5 Å². The van der Waals surface area contributed by atoms with Gasteiger partial charge in [-0.25, -0.2) is 17.2 Å². The number of benzene rings is 1. The SMILES string of the molecule is Cc1cnc(-c2cccc(S(C)(=O)=O)c2F)c(F)c1-n1c(C)cc([C@@H]2CC2c2cc(C(F)(F)F)c[n+](O)c2)c(Cl)c1=O. The Morgan fingerprint density at radius 2 is 1.79 bits per heavy atom. The lowest BCUT2D eigenvalue weighted by Crippen LogP contribution is -2.31. The lowest BCUT2D eigenvalue weighted by molar-refractivity contribution is -0.905. The van der Waals surface area contributed by atoms with Crippen LogP contribution in [0.1, 0.15) is 46.2 Å². The predicted octanol–water partition coefficient (Wildman–Crippen LogP) is 5.67. The second kappa shape index (κ2) is 10.2. The predicted molar refractivity (Wildman–Crippen MR) is 142 cm³/mol. The quantitative estimate of drug-likeness (QED) is 0.175. The van der Waals surface area contributed by atoms with Gasteiger partial charge in [0.05, 0.1) is 5.69 Å². The van der Waals surface area contributed by atoms with Crippen LogP contribution in [0.4, 0.5) is 22.0 Å². The second-order valence-corrected chi connectivity index (χ2v) is 12.6. The van der Waals surface area contributed by atoms with Gasteiger partial charge < -0.3 is 0 Å². The molecule has 1 unspecified atom stereocenters. The van der Waals surface area contributed by atoms with Gasteiger partial charge in [0.25, 0.3) is 5.56 Å². The topological polar surface area (TPSA) is 93.1 Å². The lowest BCUT2D eigenvalue weighted by atomic mass is 10.0. The second-order valence-electron chi connectivity index (χ2n) is 10.2. The standard InChI is InChI=1S/C28H22ClF5N3O4S/c1-13-10-35-25(17-5-4-6-21(23(17)30)42(3,40)41)24(31)26(13)37-14(2)7-20(22(29)27(37)38)19-9-18(19)15-8-16(28(32,33)34)12-36(39)11-15/h4-8,10-12,18-19,39H,9H2,1-3H3/q+1/t18?,19-/m1/s1. The Morgan fingerprint density at radius 1 is 1.10 bits per heavy atom. The minimum absolute atomic E-state index is 0.200. The van der Waals surface area contributed by atoms with Crippen LogP contribution in [0.15, 0.2) is 58.6 Å². The molecule has 1 fully saturated rings. The Bertz CT molecular complexity index is 1940. The summed E-state index contributed by atoms with van der Waals surface area (Å²) < 4.78 is 96.3. The van der Waals surface area contributed by atoms with Gasteiger partial charge in [-0.15, -0.1) is 0 Å². The van der Waals surface area contributed by atoms with E-state index in [-0.39, 0.29) is 27.5 Å². The van der Waals surface area contributed by atoms with E-state index < -0.39 is 66.8 Å². The van der Waals surface area contributed by atoms with Crippen molar-refractivity contribution in [3.05, 3.63) is 104 Å². The molecule has 0 spiro atoms. The van der Waals surface area contributed by atoms with Crippen LogP contribution in [0.2, 0.25) is 5.02 Å². The number of rotatable bonds is 5. The molecule has 0 aliphatic heterocycles. The first-order valence-electron chi connectivity index (χ1n) is 12.4. The summed E-state index contributed by atoms with van der Waals surface area (Å²) in [6.07, 6.45) is -0.611. The van der Waals surface area contributed by atoms with Crippen LogP contribution in [0.3, 0.4) is 0 Å². The normalized spacial score (nSPS) is 17.0. The lowest BCUT2D eigenvalue weighted by Gasteiger charge is -2.18. The van der Waals surface area contributed by atoms with Crippen molar-refractivity contribution in [3.63, 3.8) is 0 Å². The zero-order valence-electron chi connectivity index (χ0n) is 22.2. The van der Waals surface area contributed by atoms with Crippen molar-refractivity contribution in [2.24, 2.45) is 0 Å². The molecule has 1 aliphatic carbocycles. The molecular formula is C28H22ClF5N3O4S+.